The van der Waals surface area contributed by atoms with E-state index in [4.69, 9.17) is 9.47 Å². The van der Waals surface area contributed by atoms with Gasteiger partial charge in [0.1, 0.15) is 5.75 Å². The first-order valence-corrected chi connectivity index (χ1v) is 6.83. The van der Waals surface area contributed by atoms with Crippen molar-refractivity contribution in [2.24, 2.45) is 0 Å². The van der Waals surface area contributed by atoms with Crippen molar-refractivity contribution in [3.8, 4) is 5.75 Å². The van der Waals surface area contributed by atoms with Crippen LogP contribution in [0, 0.1) is 0 Å². The van der Waals surface area contributed by atoms with Crippen LogP contribution in [0.15, 0.2) is 24.3 Å². The van der Waals surface area contributed by atoms with E-state index in [0.717, 1.165) is 31.8 Å². The molecule has 4 heteroatoms. The molecule has 0 saturated carbocycles. The molecule has 0 spiro atoms. The van der Waals surface area contributed by atoms with Gasteiger partial charge in [-0.15, -0.1) is 0 Å². The van der Waals surface area contributed by atoms with Crippen molar-refractivity contribution in [1.82, 2.24) is 10.2 Å². The van der Waals surface area contributed by atoms with Gasteiger partial charge in [0.2, 0.25) is 0 Å². The van der Waals surface area contributed by atoms with E-state index in [-0.39, 0.29) is 0 Å². The predicted octanol–water partition coefficient (Wildman–Crippen LogP) is 1.68. The average Bonchev–Trinajstić information content (AvgIpc) is 2.92. The molecular weight excluding hydrogens is 240 g/mol. The Labute approximate surface area is 115 Å². The SMILES string of the molecule is CNC(CN1CCC(OC)C1)c1ccc(OC)cc1. The predicted molar refractivity (Wildman–Crippen MR) is 76.6 cm³/mol. The molecule has 1 saturated heterocycles. The lowest BCUT2D eigenvalue weighted by molar-refractivity contribution is 0.107. The van der Waals surface area contributed by atoms with Gasteiger partial charge in [-0.05, 0) is 31.2 Å². The maximum absolute atomic E-state index is 5.41. The van der Waals surface area contributed by atoms with Crippen molar-refractivity contribution in [1.29, 1.82) is 0 Å². The van der Waals surface area contributed by atoms with Crippen LogP contribution in [0.5, 0.6) is 5.75 Å². The van der Waals surface area contributed by atoms with Crippen molar-refractivity contribution in [3.05, 3.63) is 29.8 Å². The zero-order valence-corrected chi connectivity index (χ0v) is 12.1. The van der Waals surface area contributed by atoms with Gasteiger partial charge >= 0.3 is 0 Å². The second kappa shape index (κ2) is 6.89. The van der Waals surface area contributed by atoms with Crippen molar-refractivity contribution in [2.75, 3.05) is 40.9 Å². The molecule has 106 valence electrons. The molecular formula is C15H24N2O2. The number of benzene rings is 1. The Morgan fingerprint density at radius 2 is 2.05 bits per heavy atom. The smallest absolute Gasteiger partial charge is 0.118 e. The van der Waals surface area contributed by atoms with Crippen LogP contribution in [0.2, 0.25) is 0 Å². The topological polar surface area (TPSA) is 33.7 Å². The molecule has 0 aliphatic carbocycles. The van der Waals surface area contributed by atoms with Crippen molar-refractivity contribution in [2.45, 2.75) is 18.6 Å². The Morgan fingerprint density at radius 3 is 2.58 bits per heavy atom. The fraction of sp³-hybridized carbons (Fsp3) is 0.600. The number of methoxy groups -OCH3 is 2. The molecule has 2 atom stereocenters. The van der Waals surface area contributed by atoms with E-state index in [0.29, 0.717) is 12.1 Å². The van der Waals surface area contributed by atoms with E-state index in [9.17, 15) is 0 Å². The molecule has 2 rings (SSSR count). The second-order valence-electron chi connectivity index (χ2n) is 5.02. The number of nitrogens with one attached hydrogen (secondary N) is 1. The molecule has 1 aromatic carbocycles. The molecule has 1 N–H and O–H groups in total. The molecule has 0 amide bonds. The Balaban J connectivity index is 1.95. The third kappa shape index (κ3) is 3.69. The number of hydrogen-bond acceptors (Lipinski definition) is 4. The largest absolute Gasteiger partial charge is 0.497 e. The Bertz CT molecular complexity index is 380. The molecule has 19 heavy (non-hydrogen) atoms. The fourth-order valence-corrected chi connectivity index (χ4v) is 2.61. The summed E-state index contributed by atoms with van der Waals surface area (Å²) < 4.78 is 10.6. The lowest BCUT2D eigenvalue weighted by Gasteiger charge is -2.24. The second-order valence-corrected chi connectivity index (χ2v) is 5.02. The molecule has 1 aromatic rings. The van der Waals surface area contributed by atoms with E-state index >= 15 is 0 Å². The summed E-state index contributed by atoms with van der Waals surface area (Å²) in [5.74, 6) is 0.902. The first kappa shape index (κ1) is 14.3. The summed E-state index contributed by atoms with van der Waals surface area (Å²) in [5.41, 5.74) is 1.30. The van der Waals surface area contributed by atoms with Crippen LogP contribution in [-0.4, -0.2) is 51.9 Å². The van der Waals surface area contributed by atoms with Gasteiger partial charge in [-0.2, -0.15) is 0 Å². The highest BCUT2D eigenvalue weighted by Crippen LogP contribution is 2.21. The van der Waals surface area contributed by atoms with Crippen molar-refractivity contribution >= 4 is 0 Å². The van der Waals surface area contributed by atoms with E-state index in [1.807, 2.05) is 19.2 Å². The molecule has 2 unspecified atom stereocenters. The van der Waals surface area contributed by atoms with Crippen molar-refractivity contribution in [3.63, 3.8) is 0 Å². The highest BCUT2D eigenvalue weighted by molar-refractivity contribution is 5.29. The summed E-state index contributed by atoms with van der Waals surface area (Å²) in [7, 11) is 5.51. The van der Waals surface area contributed by atoms with Gasteiger partial charge in [0.15, 0.2) is 0 Å². The van der Waals surface area contributed by atoms with Crippen LogP contribution in [0.25, 0.3) is 0 Å². The number of likely N-dealkylation sites (tertiary alicyclic amines) is 1. The Hall–Kier alpha value is -1.10. The molecule has 1 fully saturated rings. The molecule has 0 radical (unpaired) electrons. The molecule has 1 heterocycles. The van der Waals surface area contributed by atoms with Crippen LogP contribution in [0.3, 0.4) is 0 Å². The Kier molecular flexibility index (Phi) is 5.19. The van der Waals surface area contributed by atoms with E-state index in [2.05, 4.69) is 22.3 Å². The van der Waals surface area contributed by atoms with E-state index in [1.165, 1.54) is 5.56 Å². The Morgan fingerprint density at radius 1 is 1.32 bits per heavy atom. The normalized spacial score (nSPS) is 21.5. The number of hydrogen-bond donors (Lipinski definition) is 1. The van der Waals surface area contributed by atoms with Gasteiger partial charge in [0, 0.05) is 32.8 Å². The minimum Gasteiger partial charge on any atom is -0.497 e. The summed E-state index contributed by atoms with van der Waals surface area (Å²) in [6, 6.07) is 8.64. The van der Waals surface area contributed by atoms with Gasteiger partial charge < -0.3 is 14.8 Å². The summed E-state index contributed by atoms with van der Waals surface area (Å²) in [6.07, 6.45) is 1.53. The van der Waals surface area contributed by atoms with Crippen LogP contribution in [-0.2, 0) is 4.74 Å². The minimum absolute atomic E-state index is 0.349. The number of ether oxygens (including phenoxy) is 2. The molecule has 0 bridgehead atoms. The lowest BCUT2D eigenvalue weighted by Crippen LogP contribution is -2.33. The van der Waals surface area contributed by atoms with E-state index < -0.39 is 0 Å². The van der Waals surface area contributed by atoms with Gasteiger partial charge in [-0.3, -0.25) is 4.90 Å². The highest BCUT2D eigenvalue weighted by Gasteiger charge is 2.24. The quantitative estimate of drug-likeness (QED) is 0.847. The number of rotatable bonds is 6. The number of nitrogens with zero attached hydrogens (tertiary/aromatic N) is 1. The molecule has 1 aliphatic rings. The third-order valence-electron chi connectivity index (χ3n) is 3.87. The summed E-state index contributed by atoms with van der Waals surface area (Å²) in [6.45, 7) is 3.17. The first-order chi connectivity index (χ1) is 9.26. The van der Waals surface area contributed by atoms with E-state index in [1.54, 1.807) is 14.2 Å². The number of likely N-dealkylation sites (N-methyl/N-ethyl adjacent to an activating group) is 1. The van der Waals surface area contributed by atoms with Crippen molar-refractivity contribution < 1.29 is 9.47 Å². The van der Waals surface area contributed by atoms with Gasteiger partial charge in [0.25, 0.3) is 0 Å². The van der Waals surface area contributed by atoms with Gasteiger partial charge in [-0.25, -0.2) is 0 Å². The monoisotopic (exact) mass is 264 g/mol. The summed E-state index contributed by atoms with van der Waals surface area (Å²) in [4.78, 5) is 2.46. The van der Waals surface area contributed by atoms with Gasteiger partial charge in [0.05, 0.1) is 13.2 Å². The average molecular weight is 264 g/mol. The van der Waals surface area contributed by atoms with Crippen LogP contribution >= 0.6 is 0 Å². The maximum Gasteiger partial charge on any atom is 0.118 e. The first-order valence-electron chi connectivity index (χ1n) is 6.83. The van der Waals surface area contributed by atoms with Crippen LogP contribution < -0.4 is 10.1 Å². The summed E-state index contributed by atoms with van der Waals surface area (Å²) in [5, 5.41) is 3.39. The molecule has 1 aliphatic heterocycles. The standard InChI is InChI=1S/C15H24N2O2/c1-16-15(11-17-9-8-14(10-17)19-3)12-4-6-13(18-2)7-5-12/h4-7,14-16H,8-11H2,1-3H3. The molecule has 4 nitrogen and oxygen atoms in total. The maximum atomic E-state index is 5.41. The zero-order valence-electron chi connectivity index (χ0n) is 12.1. The zero-order chi connectivity index (χ0) is 13.7. The highest BCUT2D eigenvalue weighted by atomic mass is 16.5. The third-order valence-corrected chi connectivity index (χ3v) is 3.87. The minimum atomic E-state index is 0.349. The van der Waals surface area contributed by atoms with Crippen LogP contribution in [0.4, 0.5) is 0 Å². The molecule has 0 aromatic heterocycles. The summed E-state index contributed by atoms with van der Waals surface area (Å²) >= 11 is 0. The van der Waals surface area contributed by atoms with Crippen LogP contribution in [0.1, 0.15) is 18.0 Å². The lowest BCUT2D eigenvalue weighted by atomic mass is 10.1. The van der Waals surface area contributed by atoms with Gasteiger partial charge in [-0.1, -0.05) is 12.1 Å². The fourth-order valence-electron chi connectivity index (χ4n) is 2.61.